The van der Waals surface area contributed by atoms with Crippen molar-refractivity contribution in [3.63, 3.8) is 0 Å². The number of aromatic hydroxyl groups is 1. The molecule has 0 spiro atoms. The summed E-state index contributed by atoms with van der Waals surface area (Å²) in [6, 6.07) is 3.40. The van der Waals surface area contributed by atoms with Gasteiger partial charge in [-0.05, 0) is 39.3 Å². The van der Waals surface area contributed by atoms with Crippen molar-refractivity contribution in [1.82, 2.24) is 19.5 Å². The first-order valence-electron chi connectivity index (χ1n) is 8.91. The van der Waals surface area contributed by atoms with E-state index in [4.69, 9.17) is 16.5 Å². The number of hydrogen-bond acceptors (Lipinski definition) is 7. The highest BCUT2D eigenvalue weighted by atomic mass is 32.1. The van der Waals surface area contributed by atoms with Crippen molar-refractivity contribution in [1.29, 1.82) is 0 Å². The average Bonchev–Trinajstić information content (AvgIpc) is 3.14. The molecule has 0 saturated heterocycles. The number of aromatic nitrogens is 4. The second kappa shape index (κ2) is 6.56. The standard InChI is InChI=1S/C20H20N6O2S/c1-8-5-6-13(27)9(2)15(8)26-17(21)14(18(22)28)12-7-23-19(25-20(12)26)16-10(3)24-11(4)29-16/h5-7,27H,21H2,1-4H3,(H2,22,28). The van der Waals surface area contributed by atoms with Crippen LogP contribution in [0.2, 0.25) is 0 Å². The smallest absolute Gasteiger partial charge is 0.253 e. The second-order valence-corrected chi connectivity index (χ2v) is 8.12. The van der Waals surface area contributed by atoms with Gasteiger partial charge in [-0.3, -0.25) is 9.36 Å². The number of phenols is 1. The maximum atomic E-state index is 12.1. The first kappa shape index (κ1) is 18.9. The van der Waals surface area contributed by atoms with Crippen molar-refractivity contribution in [2.45, 2.75) is 27.7 Å². The number of primary amides is 1. The number of fused-ring (bicyclic) bond motifs is 1. The molecular weight excluding hydrogens is 388 g/mol. The highest BCUT2D eigenvalue weighted by Crippen LogP contribution is 2.36. The molecule has 29 heavy (non-hydrogen) atoms. The largest absolute Gasteiger partial charge is 0.508 e. The Hall–Kier alpha value is -3.46. The van der Waals surface area contributed by atoms with Gasteiger partial charge in [0.05, 0.1) is 32.2 Å². The van der Waals surface area contributed by atoms with Gasteiger partial charge >= 0.3 is 0 Å². The van der Waals surface area contributed by atoms with Gasteiger partial charge in [-0.2, -0.15) is 0 Å². The van der Waals surface area contributed by atoms with Crippen LogP contribution in [0.5, 0.6) is 5.75 Å². The van der Waals surface area contributed by atoms with Crippen LogP contribution in [0, 0.1) is 27.7 Å². The van der Waals surface area contributed by atoms with E-state index < -0.39 is 5.91 Å². The van der Waals surface area contributed by atoms with Crippen molar-refractivity contribution < 1.29 is 9.90 Å². The molecule has 0 atom stereocenters. The van der Waals surface area contributed by atoms with E-state index in [2.05, 4.69) is 9.97 Å². The van der Waals surface area contributed by atoms with Crippen LogP contribution < -0.4 is 11.5 Å². The summed E-state index contributed by atoms with van der Waals surface area (Å²) in [5.41, 5.74) is 15.5. The predicted octanol–water partition coefficient (Wildman–Crippen LogP) is 3.16. The minimum atomic E-state index is -0.664. The van der Waals surface area contributed by atoms with E-state index in [1.807, 2.05) is 20.8 Å². The molecule has 0 aliphatic heterocycles. The molecule has 0 unspecified atom stereocenters. The fourth-order valence-corrected chi connectivity index (χ4v) is 4.45. The van der Waals surface area contributed by atoms with E-state index in [0.29, 0.717) is 28.1 Å². The summed E-state index contributed by atoms with van der Waals surface area (Å²) in [5, 5.41) is 11.6. The van der Waals surface area contributed by atoms with Gasteiger partial charge in [0.2, 0.25) is 0 Å². The molecule has 1 aromatic carbocycles. The maximum Gasteiger partial charge on any atom is 0.253 e. The van der Waals surface area contributed by atoms with E-state index in [1.165, 1.54) is 11.3 Å². The van der Waals surface area contributed by atoms with E-state index in [-0.39, 0.29) is 17.1 Å². The van der Waals surface area contributed by atoms with Gasteiger partial charge in [-0.15, -0.1) is 11.3 Å². The Balaban J connectivity index is 2.12. The monoisotopic (exact) mass is 408 g/mol. The number of anilines is 1. The molecule has 0 radical (unpaired) electrons. The zero-order valence-corrected chi connectivity index (χ0v) is 17.3. The normalized spacial score (nSPS) is 11.3. The number of benzene rings is 1. The summed E-state index contributed by atoms with van der Waals surface area (Å²) in [7, 11) is 0. The quantitative estimate of drug-likeness (QED) is 0.477. The minimum absolute atomic E-state index is 0.121. The van der Waals surface area contributed by atoms with Crippen LogP contribution in [0.3, 0.4) is 0 Å². The molecule has 0 aliphatic carbocycles. The lowest BCUT2D eigenvalue weighted by molar-refractivity contribution is 0.100. The highest BCUT2D eigenvalue weighted by molar-refractivity contribution is 7.15. The van der Waals surface area contributed by atoms with Crippen molar-refractivity contribution in [3.8, 4) is 22.1 Å². The number of aryl methyl sites for hydroxylation is 3. The fraction of sp³-hybridized carbons (Fsp3) is 0.200. The van der Waals surface area contributed by atoms with Gasteiger partial charge in [0, 0.05) is 11.8 Å². The molecule has 8 nitrogen and oxygen atoms in total. The van der Waals surface area contributed by atoms with Crippen LogP contribution >= 0.6 is 11.3 Å². The number of nitrogens with zero attached hydrogens (tertiary/aromatic N) is 4. The second-order valence-electron chi connectivity index (χ2n) is 6.91. The Morgan fingerprint density at radius 1 is 1.17 bits per heavy atom. The molecule has 148 valence electrons. The van der Waals surface area contributed by atoms with Crippen LogP contribution in [0.25, 0.3) is 27.4 Å². The molecule has 0 bridgehead atoms. The molecule has 9 heteroatoms. The van der Waals surface area contributed by atoms with Crippen molar-refractivity contribution in [2.24, 2.45) is 5.73 Å². The number of nitrogens with two attached hydrogens (primary N) is 2. The lowest BCUT2D eigenvalue weighted by Crippen LogP contribution is -2.14. The number of amides is 1. The molecule has 0 saturated carbocycles. The van der Waals surface area contributed by atoms with Crippen molar-refractivity contribution in [3.05, 3.63) is 45.7 Å². The summed E-state index contributed by atoms with van der Waals surface area (Å²) in [4.78, 5) is 26.6. The molecule has 4 aromatic rings. The third-order valence-corrected chi connectivity index (χ3v) is 6.00. The molecule has 0 aliphatic rings. The minimum Gasteiger partial charge on any atom is -0.508 e. The van der Waals surface area contributed by atoms with Gasteiger partial charge in [-0.1, -0.05) is 6.07 Å². The van der Waals surface area contributed by atoms with Crippen LogP contribution in [0.15, 0.2) is 18.3 Å². The van der Waals surface area contributed by atoms with Gasteiger partial charge in [0.1, 0.15) is 11.6 Å². The van der Waals surface area contributed by atoms with Gasteiger partial charge in [0.25, 0.3) is 5.91 Å². The Morgan fingerprint density at radius 3 is 2.52 bits per heavy atom. The van der Waals surface area contributed by atoms with E-state index >= 15 is 0 Å². The summed E-state index contributed by atoms with van der Waals surface area (Å²) in [6.45, 7) is 7.50. The van der Waals surface area contributed by atoms with Crippen LogP contribution in [0.1, 0.15) is 32.2 Å². The molecule has 3 heterocycles. The number of rotatable bonds is 3. The molecule has 1 amide bonds. The van der Waals surface area contributed by atoms with E-state index in [1.54, 1.807) is 29.8 Å². The Morgan fingerprint density at radius 2 is 1.90 bits per heavy atom. The summed E-state index contributed by atoms with van der Waals surface area (Å²) in [6.07, 6.45) is 1.56. The molecule has 3 aromatic heterocycles. The first-order chi connectivity index (χ1) is 13.7. The number of carbonyl (C=O) groups excluding carboxylic acids is 1. The third-order valence-electron chi connectivity index (χ3n) is 4.93. The SMILES string of the molecule is Cc1nc(C)c(-c2ncc3c(C(N)=O)c(N)n(-c4c(C)ccc(O)c4C)c3n2)s1. The molecule has 0 fully saturated rings. The maximum absolute atomic E-state index is 12.1. The number of thiazole rings is 1. The Kier molecular flexibility index (Phi) is 4.27. The number of phenolic OH excluding ortho intramolecular Hbond substituents is 1. The first-order valence-corrected chi connectivity index (χ1v) is 9.73. The average molecular weight is 408 g/mol. The number of carbonyl (C=O) groups is 1. The zero-order chi connectivity index (χ0) is 21.0. The van der Waals surface area contributed by atoms with Crippen LogP contribution in [0.4, 0.5) is 5.82 Å². The highest BCUT2D eigenvalue weighted by Gasteiger charge is 2.25. The molecule has 4 rings (SSSR count). The van der Waals surface area contributed by atoms with E-state index in [9.17, 15) is 9.90 Å². The predicted molar refractivity (Wildman–Crippen MR) is 114 cm³/mol. The summed E-state index contributed by atoms with van der Waals surface area (Å²) >= 11 is 1.50. The van der Waals surface area contributed by atoms with Crippen LogP contribution in [-0.2, 0) is 0 Å². The summed E-state index contributed by atoms with van der Waals surface area (Å²) in [5.74, 6) is 0.109. The van der Waals surface area contributed by atoms with Gasteiger partial charge in [-0.25, -0.2) is 15.0 Å². The Bertz CT molecular complexity index is 1300. The van der Waals surface area contributed by atoms with Gasteiger partial charge in [0.15, 0.2) is 11.5 Å². The lowest BCUT2D eigenvalue weighted by Gasteiger charge is -2.15. The molecular formula is C20H20N6O2S. The zero-order valence-electron chi connectivity index (χ0n) is 16.4. The summed E-state index contributed by atoms with van der Waals surface area (Å²) < 4.78 is 1.66. The van der Waals surface area contributed by atoms with Crippen molar-refractivity contribution in [2.75, 3.05) is 5.73 Å². The topological polar surface area (TPSA) is 133 Å². The van der Waals surface area contributed by atoms with Crippen LogP contribution in [-0.4, -0.2) is 30.5 Å². The Labute approximate surface area is 170 Å². The van der Waals surface area contributed by atoms with E-state index in [0.717, 1.165) is 21.1 Å². The molecule has 5 N–H and O–H groups in total. The third kappa shape index (κ3) is 2.82. The van der Waals surface area contributed by atoms with Gasteiger partial charge < -0.3 is 16.6 Å². The van der Waals surface area contributed by atoms with Crippen molar-refractivity contribution >= 4 is 34.1 Å². The number of hydrogen-bond donors (Lipinski definition) is 3. The number of nitrogen functional groups attached to an aromatic ring is 1. The fourth-order valence-electron chi connectivity index (χ4n) is 3.59. The lowest BCUT2D eigenvalue weighted by atomic mass is 10.1.